The predicted molar refractivity (Wildman–Crippen MR) is 500 cm³/mol. The van der Waals surface area contributed by atoms with Gasteiger partial charge in [0.05, 0.1) is 0 Å². The normalized spacial score (nSPS) is 16.9. The highest BCUT2D eigenvalue weighted by Gasteiger charge is 2.38. The van der Waals surface area contributed by atoms with E-state index in [0.717, 1.165) is 123 Å². The van der Waals surface area contributed by atoms with E-state index in [1.165, 1.54) is 190 Å². The lowest BCUT2D eigenvalue weighted by molar-refractivity contribution is -0.281. The van der Waals surface area contributed by atoms with Gasteiger partial charge < -0.3 is 37.9 Å². The third-order valence-electron chi connectivity index (χ3n) is 22.8. The topological polar surface area (TPSA) is 73.8 Å². The molecule has 20 heteroatoms. The summed E-state index contributed by atoms with van der Waals surface area (Å²) >= 11 is 0. The molecule has 124 heavy (non-hydrogen) atoms. The van der Waals surface area contributed by atoms with E-state index in [9.17, 15) is 52.7 Å². The van der Waals surface area contributed by atoms with Gasteiger partial charge in [-0.25, -0.2) is 0 Å². The Morgan fingerprint density at radius 3 is 0.911 bits per heavy atom. The quantitative estimate of drug-likeness (QED) is 0.0258. The molecular formula is C104H190F12O8. The smallest absolute Gasteiger partial charge is 0.351 e. The highest BCUT2D eigenvalue weighted by Crippen LogP contribution is 2.34. The van der Waals surface area contributed by atoms with E-state index in [-0.39, 0.29) is 19.1 Å². The first-order chi connectivity index (χ1) is 57.5. The van der Waals surface area contributed by atoms with Crippen LogP contribution in [-0.2, 0) is 37.9 Å². The Bertz CT molecular complexity index is 2760. The minimum Gasteiger partial charge on any atom is -0.351 e. The summed E-state index contributed by atoms with van der Waals surface area (Å²) in [7, 11) is 0. The molecule has 0 N–H and O–H groups in total. The Hall–Kier alpha value is -2.98. The molecule has 12 atom stereocenters. The lowest BCUT2D eigenvalue weighted by Crippen LogP contribution is -2.37. The molecule has 4 unspecified atom stereocenters. The number of halogens is 12. The molecular weight excluding hydrogens is 1610 g/mol. The van der Waals surface area contributed by atoms with Crippen molar-refractivity contribution in [3.63, 3.8) is 0 Å². The Kier molecular flexibility index (Phi) is 74.5. The van der Waals surface area contributed by atoms with E-state index in [1.807, 2.05) is 19.9 Å². The second-order valence-electron chi connectivity index (χ2n) is 39.0. The van der Waals surface area contributed by atoms with Crippen LogP contribution >= 0.6 is 0 Å². The van der Waals surface area contributed by atoms with Gasteiger partial charge in [0.2, 0.25) is 0 Å². The van der Waals surface area contributed by atoms with Crippen molar-refractivity contribution in [2.75, 3.05) is 52.9 Å². The number of allylic oxidation sites excluding steroid dienone is 12. The number of hydrogen-bond acceptors (Lipinski definition) is 8. The van der Waals surface area contributed by atoms with Gasteiger partial charge in [0.1, 0.15) is 26.4 Å². The van der Waals surface area contributed by atoms with Crippen molar-refractivity contribution in [2.45, 2.75) is 473 Å². The summed E-state index contributed by atoms with van der Waals surface area (Å²) in [5.74, 6) is 2.09. The molecule has 0 heterocycles. The van der Waals surface area contributed by atoms with Crippen LogP contribution in [-0.4, -0.2) is 101 Å². The zero-order chi connectivity index (χ0) is 95.7. The predicted octanol–water partition coefficient (Wildman–Crippen LogP) is 36.0. The maximum atomic E-state index is 12.5. The molecule has 0 spiro atoms. The molecule has 738 valence electrons. The first kappa shape index (κ1) is 127. The Balaban J connectivity index is -0.000000775. The summed E-state index contributed by atoms with van der Waals surface area (Å²) < 4.78 is 192. The van der Waals surface area contributed by atoms with E-state index in [2.05, 4.69) is 149 Å². The molecule has 0 aliphatic carbocycles. The van der Waals surface area contributed by atoms with E-state index in [1.54, 1.807) is 53.7 Å². The fourth-order valence-corrected chi connectivity index (χ4v) is 15.3. The van der Waals surface area contributed by atoms with Gasteiger partial charge in [-0.15, -0.1) is 0 Å². The van der Waals surface area contributed by atoms with Crippen LogP contribution in [0.3, 0.4) is 0 Å². The van der Waals surface area contributed by atoms with Gasteiger partial charge in [0, 0.05) is 39.3 Å². The molecule has 0 bridgehead atoms. The maximum absolute atomic E-state index is 12.5. The van der Waals surface area contributed by atoms with Gasteiger partial charge in [0.15, 0.2) is 23.1 Å². The summed E-state index contributed by atoms with van der Waals surface area (Å²) in [6.45, 7) is 53.9. The Morgan fingerprint density at radius 2 is 0.565 bits per heavy atom. The lowest BCUT2D eigenvalue weighted by Gasteiger charge is -2.32. The number of alkyl halides is 12. The number of rotatable bonds is 69. The average molecular weight is 1800 g/mol. The zero-order valence-electron chi connectivity index (χ0n) is 84.3. The minimum atomic E-state index is -4.38. The molecule has 0 aliphatic heterocycles. The van der Waals surface area contributed by atoms with Crippen molar-refractivity contribution in [2.24, 2.45) is 59.2 Å². The third-order valence-corrected chi connectivity index (χ3v) is 22.8. The molecule has 0 aromatic rings. The second-order valence-corrected chi connectivity index (χ2v) is 39.0. The largest absolute Gasteiger partial charge is 0.411 e. The van der Waals surface area contributed by atoms with Gasteiger partial charge in [-0.2, -0.15) is 52.7 Å². The fourth-order valence-electron chi connectivity index (χ4n) is 15.3. The highest BCUT2D eigenvalue weighted by atomic mass is 19.4. The molecule has 0 fully saturated rings. The molecule has 0 aliphatic rings. The van der Waals surface area contributed by atoms with Crippen LogP contribution in [0.5, 0.6) is 0 Å². The zero-order valence-corrected chi connectivity index (χ0v) is 84.3. The first-order valence-corrected chi connectivity index (χ1v) is 48.5. The minimum absolute atomic E-state index is 0.264. The van der Waals surface area contributed by atoms with Crippen LogP contribution in [0.25, 0.3) is 0 Å². The highest BCUT2D eigenvalue weighted by molar-refractivity contribution is 5.14. The van der Waals surface area contributed by atoms with Crippen LogP contribution < -0.4 is 0 Å². The average Bonchev–Trinajstić information content (AvgIpc) is 0.878. The van der Waals surface area contributed by atoms with Crippen molar-refractivity contribution >= 4 is 0 Å². The fraction of sp³-hybridized carbons (Fsp3) is 0.865. The Labute approximate surface area is 753 Å². The summed E-state index contributed by atoms with van der Waals surface area (Å²) in [5, 5.41) is 0. The summed E-state index contributed by atoms with van der Waals surface area (Å²) in [5.41, 5.74) is 7.71. The summed E-state index contributed by atoms with van der Waals surface area (Å²) in [6.07, 6.45) is 39.9. The molecule has 0 radical (unpaired) electrons. The van der Waals surface area contributed by atoms with Gasteiger partial charge in [-0.1, -0.05) is 288 Å². The molecule has 0 rings (SSSR count). The van der Waals surface area contributed by atoms with Crippen LogP contribution in [0.2, 0.25) is 0 Å². The third kappa shape index (κ3) is 88.3. The van der Waals surface area contributed by atoms with E-state index in [4.69, 9.17) is 37.9 Å². The number of hydrogen-bond donors (Lipinski definition) is 0. The Morgan fingerprint density at radius 1 is 0.274 bits per heavy atom. The monoisotopic (exact) mass is 1800 g/mol. The molecule has 0 saturated heterocycles. The van der Waals surface area contributed by atoms with E-state index in [0.29, 0.717) is 37.9 Å². The van der Waals surface area contributed by atoms with Crippen LogP contribution in [0.4, 0.5) is 52.7 Å². The lowest BCUT2D eigenvalue weighted by atomic mass is 9.90. The summed E-state index contributed by atoms with van der Waals surface area (Å²) in [4.78, 5) is 0. The molecule has 0 amide bonds. The van der Waals surface area contributed by atoms with Gasteiger partial charge >= 0.3 is 24.7 Å². The van der Waals surface area contributed by atoms with Crippen LogP contribution in [0, 0.1) is 59.2 Å². The van der Waals surface area contributed by atoms with E-state index >= 15 is 0 Å². The van der Waals surface area contributed by atoms with Crippen LogP contribution in [0.1, 0.15) is 425 Å². The molecule has 0 aromatic heterocycles. The number of ether oxygens (including phenoxy) is 8. The van der Waals surface area contributed by atoms with Crippen LogP contribution in [0.15, 0.2) is 82.0 Å². The standard InChI is InChI=1S/C27H53F3O2.C27H45F3O2.C25H49F3O2.C25H43F3O2/c2*1-8-31-26(7,32-21-27(28,29)30)20-12-19-25(6)18-11-17-24(5)16-10-15-23(4)14-9-13-22(2)3;2*1-8-29-24(7,30-19-25(26,27)28)18-23(6)17-11-16-22(5)15-10-14-21(4)13-9-12-20(2)3/h22-25H,8-21H2,1-7H3;12-13,17,19-20,23H,8-11,14-16,18,21H2,1-7H3;20-23H,8-19H2,1-7H3;12,16,18,21H,8-11,13-15,17,19H2,1-7H3/t23-,24-,25-,26?;23-,26?;21-,22-,23-,24?;21-,24?/m1111/s1. The molecule has 0 saturated carbocycles. The first-order valence-electron chi connectivity index (χ1n) is 48.5. The van der Waals surface area contributed by atoms with E-state index < -0.39 is 74.3 Å². The van der Waals surface area contributed by atoms with Crippen molar-refractivity contribution < 1.29 is 90.6 Å². The van der Waals surface area contributed by atoms with Gasteiger partial charge in [-0.3, -0.25) is 0 Å². The van der Waals surface area contributed by atoms with Crippen molar-refractivity contribution in [3.05, 3.63) is 82.0 Å². The molecule has 0 aromatic carbocycles. The second kappa shape index (κ2) is 72.6. The molecule has 8 nitrogen and oxygen atoms in total. The van der Waals surface area contributed by atoms with Gasteiger partial charge in [-0.05, 0) is 266 Å². The SMILES string of the molecule is CCOC(C)(C=C(C)CCC=C(C)CCC[C@H](C)CCC=C(C)C)OCC(F)(F)F.CCOC(C)(C=CC=C(C)CCC=C(C)CCC[C@H](C)CCC=C(C)C)OCC(F)(F)F.CCOC(C)(CCC[C@H](C)CCC[C@H](C)CCC[C@H](C)CCCC(C)C)OCC(F)(F)F.CCOC(C)(C[C@H](C)CCC[C@H](C)CCC[C@H](C)CCCC(C)C)OCC(F)(F)F. The van der Waals surface area contributed by atoms with Crippen molar-refractivity contribution in [1.82, 2.24) is 0 Å². The maximum Gasteiger partial charge on any atom is 0.411 e. The summed E-state index contributed by atoms with van der Waals surface area (Å²) in [6, 6.07) is 0. The van der Waals surface area contributed by atoms with Gasteiger partial charge in [0.25, 0.3) is 0 Å². The van der Waals surface area contributed by atoms with Crippen molar-refractivity contribution in [1.29, 1.82) is 0 Å². The van der Waals surface area contributed by atoms with Crippen molar-refractivity contribution in [3.8, 4) is 0 Å².